The van der Waals surface area contributed by atoms with Gasteiger partial charge in [-0.2, -0.15) is 0 Å². The molecule has 0 bridgehead atoms. The van der Waals surface area contributed by atoms with Crippen LogP contribution in [-0.2, 0) is 16.7 Å². The number of rotatable bonds is 7. The van der Waals surface area contributed by atoms with Gasteiger partial charge in [0.1, 0.15) is 28.6 Å². The number of carbonyl (C=O) groups is 2. The maximum absolute atomic E-state index is 13.9. The highest BCUT2D eigenvalue weighted by molar-refractivity contribution is 5.98. The molecule has 0 saturated carbocycles. The van der Waals surface area contributed by atoms with E-state index in [-0.39, 0.29) is 23.5 Å². The summed E-state index contributed by atoms with van der Waals surface area (Å²) in [4.78, 5) is 39.5. The van der Waals surface area contributed by atoms with Crippen molar-refractivity contribution in [2.24, 2.45) is 0 Å². The van der Waals surface area contributed by atoms with Gasteiger partial charge in [0.2, 0.25) is 0 Å². The number of likely N-dealkylation sites (tertiary alicyclic amines) is 1. The molecule has 36 heavy (non-hydrogen) atoms. The highest BCUT2D eigenvalue weighted by Gasteiger charge is 2.34. The van der Waals surface area contributed by atoms with Gasteiger partial charge in [0.25, 0.3) is 5.91 Å². The highest BCUT2D eigenvalue weighted by Crippen LogP contribution is 2.26. The molecule has 2 aromatic heterocycles. The minimum atomic E-state index is -0.566. The monoisotopic (exact) mass is 499 g/mol. The fourth-order valence-electron chi connectivity index (χ4n) is 4.17. The standard InChI is InChI=1S/C27H41N5O4/c1-8-13-32(19-11-9-14-31(18-19)25(34)36-27(5,6)7)23(33)21-17-29-24(26(2,3)4)30-22(21)28-16-20-12-10-15-35-20/h10,12,15,17,19H,8-9,11,13-14,16,18H2,1-7H3,(H,28,29,30). The predicted octanol–water partition coefficient (Wildman–Crippen LogP) is 5.23. The van der Waals surface area contributed by atoms with Gasteiger partial charge in [-0.1, -0.05) is 27.7 Å². The molecule has 9 nitrogen and oxygen atoms in total. The quantitative estimate of drug-likeness (QED) is 0.556. The number of nitrogens with zero attached hydrogens (tertiary/aromatic N) is 4. The molecule has 3 heterocycles. The van der Waals surface area contributed by atoms with Crippen molar-refractivity contribution in [1.29, 1.82) is 0 Å². The molecular formula is C27H41N5O4. The predicted molar refractivity (Wildman–Crippen MR) is 139 cm³/mol. The third-order valence-corrected chi connectivity index (χ3v) is 5.91. The molecule has 2 amide bonds. The lowest BCUT2D eigenvalue weighted by atomic mass is 9.95. The van der Waals surface area contributed by atoms with Crippen molar-refractivity contribution in [3.63, 3.8) is 0 Å². The number of nitrogens with one attached hydrogen (secondary N) is 1. The number of hydrogen-bond donors (Lipinski definition) is 1. The average molecular weight is 500 g/mol. The molecule has 9 heteroatoms. The summed E-state index contributed by atoms with van der Waals surface area (Å²) in [6.45, 7) is 15.8. The molecule has 1 aliphatic heterocycles. The van der Waals surface area contributed by atoms with Gasteiger partial charge in [-0.25, -0.2) is 14.8 Å². The largest absolute Gasteiger partial charge is 0.467 e. The lowest BCUT2D eigenvalue weighted by molar-refractivity contribution is 0.0103. The molecule has 2 aromatic rings. The van der Waals surface area contributed by atoms with Crippen molar-refractivity contribution >= 4 is 17.8 Å². The van der Waals surface area contributed by atoms with E-state index in [4.69, 9.17) is 14.1 Å². The van der Waals surface area contributed by atoms with Gasteiger partial charge in [-0.3, -0.25) is 4.79 Å². The maximum atomic E-state index is 13.9. The Labute approximate surface area is 214 Å². The number of carbonyl (C=O) groups excluding carboxylic acids is 2. The van der Waals surface area contributed by atoms with E-state index in [1.807, 2.05) is 65.5 Å². The van der Waals surface area contributed by atoms with E-state index in [0.29, 0.717) is 43.4 Å². The van der Waals surface area contributed by atoms with E-state index in [1.54, 1.807) is 17.4 Å². The molecule has 0 radical (unpaired) electrons. The first-order valence-corrected chi connectivity index (χ1v) is 12.8. The Morgan fingerprint density at radius 2 is 2.00 bits per heavy atom. The summed E-state index contributed by atoms with van der Waals surface area (Å²) in [7, 11) is 0. The third kappa shape index (κ3) is 7.21. The molecular weight excluding hydrogens is 458 g/mol. The van der Waals surface area contributed by atoms with Gasteiger partial charge in [0, 0.05) is 37.3 Å². The van der Waals surface area contributed by atoms with E-state index >= 15 is 0 Å². The molecule has 1 fully saturated rings. The van der Waals surface area contributed by atoms with Crippen molar-refractivity contribution in [2.75, 3.05) is 25.0 Å². The van der Waals surface area contributed by atoms with Crippen LogP contribution in [0.2, 0.25) is 0 Å². The van der Waals surface area contributed by atoms with Gasteiger partial charge in [0.15, 0.2) is 0 Å². The minimum Gasteiger partial charge on any atom is -0.467 e. The van der Waals surface area contributed by atoms with E-state index < -0.39 is 5.60 Å². The summed E-state index contributed by atoms with van der Waals surface area (Å²) in [5, 5.41) is 3.28. The van der Waals surface area contributed by atoms with Crippen molar-refractivity contribution in [1.82, 2.24) is 19.8 Å². The molecule has 0 aliphatic carbocycles. The first-order valence-electron chi connectivity index (χ1n) is 12.8. The second-order valence-electron chi connectivity index (χ2n) is 11.4. The Balaban J connectivity index is 1.87. The Hall–Kier alpha value is -3.10. The first kappa shape index (κ1) is 27.5. The zero-order valence-corrected chi connectivity index (χ0v) is 22.8. The summed E-state index contributed by atoms with van der Waals surface area (Å²) >= 11 is 0. The molecule has 1 saturated heterocycles. The maximum Gasteiger partial charge on any atom is 0.410 e. The second-order valence-corrected chi connectivity index (χ2v) is 11.4. The summed E-state index contributed by atoms with van der Waals surface area (Å²) in [6, 6.07) is 3.59. The van der Waals surface area contributed by atoms with Crippen molar-refractivity contribution in [3.8, 4) is 0 Å². The van der Waals surface area contributed by atoms with Gasteiger partial charge >= 0.3 is 6.09 Å². The SMILES string of the molecule is CCCN(C(=O)c1cnc(C(C)(C)C)nc1NCc1ccco1)C1CCCN(C(=O)OC(C)(C)C)C1. The number of amides is 2. The van der Waals surface area contributed by atoms with Crippen LogP contribution < -0.4 is 5.32 Å². The molecule has 1 unspecified atom stereocenters. The molecule has 1 N–H and O–H groups in total. The topological polar surface area (TPSA) is 101 Å². The number of furan rings is 1. The van der Waals surface area contributed by atoms with Crippen LogP contribution in [0.15, 0.2) is 29.0 Å². The molecule has 0 spiro atoms. The number of hydrogen-bond acceptors (Lipinski definition) is 7. The molecule has 0 aromatic carbocycles. The summed E-state index contributed by atoms with van der Waals surface area (Å²) < 4.78 is 11.0. The van der Waals surface area contributed by atoms with Crippen LogP contribution in [0.25, 0.3) is 0 Å². The van der Waals surface area contributed by atoms with Gasteiger partial charge < -0.3 is 24.3 Å². The van der Waals surface area contributed by atoms with E-state index in [9.17, 15) is 9.59 Å². The fourth-order valence-corrected chi connectivity index (χ4v) is 4.17. The van der Waals surface area contributed by atoms with Crippen LogP contribution in [0.1, 0.15) is 89.7 Å². The van der Waals surface area contributed by atoms with E-state index in [1.165, 1.54) is 0 Å². The normalized spacial score (nSPS) is 16.5. The second kappa shape index (κ2) is 11.3. The Morgan fingerprint density at radius 3 is 2.61 bits per heavy atom. The van der Waals surface area contributed by atoms with Crippen LogP contribution in [0.4, 0.5) is 10.6 Å². The smallest absolute Gasteiger partial charge is 0.410 e. The van der Waals surface area contributed by atoms with Gasteiger partial charge in [-0.15, -0.1) is 0 Å². The van der Waals surface area contributed by atoms with Crippen LogP contribution in [0, 0.1) is 0 Å². The molecule has 3 rings (SSSR count). The summed E-state index contributed by atoms with van der Waals surface area (Å²) in [5.41, 5.74) is -0.426. The molecule has 1 atom stereocenters. The first-order chi connectivity index (χ1) is 16.9. The lowest BCUT2D eigenvalue weighted by Gasteiger charge is -2.39. The number of piperidine rings is 1. The number of ether oxygens (including phenoxy) is 1. The van der Waals surface area contributed by atoms with E-state index in [0.717, 1.165) is 25.0 Å². The van der Waals surface area contributed by atoms with Crippen molar-refractivity contribution in [2.45, 2.75) is 91.3 Å². The van der Waals surface area contributed by atoms with Crippen LogP contribution >= 0.6 is 0 Å². The van der Waals surface area contributed by atoms with Crippen molar-refractivity contribution < 1.29 is 18.7 Å². The van der Waals surface area contributed by atoms with Gasteiger partial charge in [-0.05, 0) is 52.2 Å². The number of aromatic nitrogens is 2. The summed E-state index contributed by atoms with van der Waals surface area (Å²) in [5.74, 6) is 1.74. The van der Waals surface area contributed by atoms with Crippen LogP contribution in [0.5, 0.6) is 0 Å². The average Bonchev–Trinajstić information content (AvgIpc) is 3.33. The van der Waals surface area contributed by atoms with Crippen molar-refractivity contribution in [3.05, 3.63) is 41.7 Å². The zero-order chi connectivity index (χ0) is 26.5. The highest BCUT2D eigenvalue weighted by atomic mass is 16.6. The molecule has 1 aliphatic rings. The van der Waals surface area contributed by atoms with Crippen LogP contribution in [-0.4, -0.2) is 63.0 Å². The zero-order valence-electron chi connectivity index (χ0n) is 22.8. The third-order valence-electron chi connectivity index (χ3n) is 5.91. The molecule has 198 valence electrons. The Morgan fingerprint density at radius 1 is 1.25 bits per heavy atom. The van der Waals surface area contributed by atoms with Gasteiger partial charge in [0.05, 0.1) is 12.8 Å². The van der Waals surface area contributed by atoms with E-state index in [2.05, 4.69) is 10.3 Å². The minimum absolute atomic E-state index is 0.112. The Bertz CT molecular complexity index is 1020. The Kier molecular flexibility index (Phi) is 8.63. The fraction of sp³-hybridized carbons (Fsp3) is 0.630. The lowest BCUT2D eigenvalue weighted by Crippen LogP contribution is -2.52. The van der Waals surface area contributed by atoms with Crippen LogP contribution in [0.3, 0.4) is 0 Å². The summed E-state index contributed by atoms with van der Waals surface area (Å²) in [6.07, 6.45) is 5.32. The number of anilines is 1.